The quantitative estimate of drug-likeness (QED) is 0.638. The molecule has 0 bridgehead atoms. The van der Waals surface area contributed by atoms with Gasteiger partial charge in [0.1, 0.15) is 23.4 Å². The second-order valence-electron chi connectivity index (χ2n) is 10.2. The number of carbonyl (C=O) groups is 2. The zero-order valence-corrected chi connectivity index (χ0v) is 21.2. The van der Waals surface area contributed by atoms with Crippen LogP contribution in [0.2, 0.25) is 0 Å². The summed E-state index contributed by atoms with van der Waals surface area (Å²) >= 11 is 0. The summed E-state index contributed by atoms with van der Waals surface area (Å²) in [5.41, 5.74) is 1.84. The highest BCUT2D eigenvalue weighted by atomic mass is 19.1. The Morgan fingerprint density at radius 3 is 2.31 bits per heavy atom. The van der Waals surface area contributed by atoms with E-state index in [1.165, 1.54) is 12.1 Å². The van der Waals surface area contributed by atoms with Gasteiger partial charge in [0.05, 0.1) is 20.1 Å². The Morgan fingerprint density at radius 1 is 0.944 bits per heavy atom. The number of fused-ring (bicyclic) bond motifs is 2. The minimum absolute atomic E-state index is 0.0428. The first-order valence-corrected chi connectivity index (χ1v) is 12.6. The number of piperidine rings is 2. The molecule has 2 amide bonds. The van der Waals surface area contributed by atoms with Gasteiger partial charge in [0, 0.05) is 38.2 Å². The highest BCUT2D eigenvalue weighted by molar-refractivity contribution is 5.92. The molecule has 192 valence electrons. The van der Waals surface area contributed by atoms with Gasteiger partial charge in [-0.15, -0.1) is 0 Å². The average Bonchev–Trinajstić information content (AvgIpc) is 3.04. The molecule has 2 aromatic carbocycles. The molecule has 8 heteroatoms. The molecule has 0 spiro atoms. The number of ether oxygens (including phenoxy) is 2. The SMILES string of the molecule is COc1cc(CN2CCCN3C(=O)C4CN(C)CCC4C(c4ccc(F)cc4)C3C2=O)cc(OC)c1. The van der Waals surface area contributed by atoms with Gasteiger partial charge in [0.25, 0.3) is 0 Å². The monoisotopic (exact) mass is 495 g/mol. The van der Waals surface area contributed by atoms with Gasteiger partial charge in [-0.3, -0.25) is 9.59 Å². The molecule has 36 heavy (non-hydrogen) atoms. The number of nitrogens with zero attached hydrogens (tertiary/aromatic N) is 3. The van der Waals surface area contributed by atoms with Crippen LogP contribution in [0.4, 0.5) is 4.39 Å². The van der Waals surface area contributed by atoms with Gasteiger partial charge in [-0.1, -0.05) is 12.1 Å². The van der Waals surface area contributed by atoms with Crippen molar-refractivity contribution in [1.29, 1.82) is 0 Å². The molecule has 3 aliphatic heterocycles. The molecule has 4 atom stereocenters. The van der Waals surface area contributed by atoms with E-state index < -0.39 is 6.04 Å². The van der Waals surface area contributed by atoms with Crippen LogP contribution >= 0.6 is 0 Å². The average molecular weight is 496 g/mol. The zero-order chi connectivity index (χ0) is 25.4. The van der Waals surface area contributed by atoms with E-state index in [2.05, 4.69) is 4.90 Å². The number of hydrogen-bond donors (Lipinski definition) is 0. The Bertz CT molecular complexity index is 1100. The minimum atomic E-state index is -0.595. The van der Waals surface area contributed by atoms with E-state index in [9.17, 15) is 14.0 Å². The Morgan fingerprint density at radius 2 is 1.64 bits per heavy atom. The first-order chi connectivity index (χ1) is 17.4. The highest BCUT2D eigenvalue weighted by Crippen LogP contribution is 2.46. The number of likely N-dealkylation sites (tertiary alicyclic amines) is 1. The van der Waals surface area contributed by atoms with Crippen LogP contribution in [0, 0.1) is 17.7 Å². The predicted octanol–water partition coefficient (Wildman–Crippen LogP) is 3.14. The van der Waals surface area contributed by atoms with Crippen LogP contribution in [0.15, 0.2) is 42.5 Å². The molecule has 5 rings (SSSR count). The fourth-order valence-corrected chi connectivity index (χ4v) is 6.32. The first kappa shape index (κ1) is 24.6. The summed E-state index contributed by atoms with van der Waals surface area (Å²) in [6.07, 6.45) is 1.54. The fourth-order valence-electron chi connectivity index (χ4n) is 6.32. The number of benzene rings is 2. The van der Waals surface area contributed by atoms with Gasteiger partial charge in [0.2, 0.25) is 11.8 Å². The van der Waals surface area contributed by atoms with Crippen molar-refractivity contribution in [1.82, 2.24) is 14.7 Å². The number of carbonyl (C=O) groups excluding carboxylic acids is 2. The summed E-state index contributed by atoms with van der Waals surface area (Å²) in [7, 11) is 5.25. The number of halogens is 1. The molecule has 3 heterocycles. The molecule has 0 aliphatic carbocycles. The molecule has 3 fully saturated rings. The molecular formula is C28H34FN3O4. The van der Waals surface area contributed by atoms with Crippen molar-refractivity contribution in [3.05, 3.63) is 59.4 Å². The van der Waals surface area contributed by atoms with E-state index in [4.69, 9.17) is 9.47 Å². The van der Waals surface area contributed by atoms with Gasteiger partial charge >= 0.3 is 0 Å². The van der Waals surface area contributed by atoms with Gasteiger partial charge in [-0.2, -0.15) is 0 Å². The maximum atomic E-state index is 14.2. The van der Waals surface area contributed by atoms with Crippen LogP contribution in [-0.4, -0.2) is 80.0 Å². The van der Waals surface area contributed by atoms with E-state index in [0.717, 1.165) is 24.1 Å². The van der Waals surface area contributed by atoms with Crippen LogP contribution in [0.1, 0.15) is 29.9 Å². The Labute approximate surface area is 211 Å². The third kappa shape index (κ3) is 4.54. The normalized spacial score (nSPS) is 26.8. The summed E-state index contributed by atoms with van der Waals surface area (Å²) in [6.45, 7) is 3.06. The van der Waals surface area contributed by atoms with Crippen LogP contribution < -0.4 is 9.47 Å². The third-order valence-electron chi connectivity index (χ3n) is 8.04. The Hall–Kier alpha value is -3.13. The van der Waals surface area contributed by atoms with Crippen molar-refractivity contribution >= 4 is 11.8 Å². The maximum Gasteiger partial charge on any atom is 0.246 e. The summed E-state index contributed by atoms with van der Waals surface area (Å²) in [5.74, 6) is 0.776. The molecule has 2 aromatic rings. The largest absolute Gasteiger partial charge is 0.497 e. The lowest BCUT2D eigenvalue weighted by atomic mass is 9.66. The molecule has 0 aromatic heterocycles. The van der Waals surface area contributed by atoms with Crippen molar-refractivity contribution < 1.29 is 23.5 Å². The second kappa shape index (κ2) is 10.1. The van der Waals surface area contributed by atoms with Gasteiger partial charge in [-0.25, -0.2) is 4.39 Å². The van der Waals surface area contributed by atoms with Crippen molar-refractivity contribution in [2.75, 3.05) is 47.4 Å². The van der Waals surface area contributed by atoms with Crippen molar-refractivity contribution in [2.24, 2.45) is 11.8 Å². The fraction of sp³-hybridized carbons (Fsp3) is 0.500. The number of methoxy groups -OCH3 is 2. The summed E-state index contributed by atoms with van der Waals surface area (Å²) in [6, 6.07) is 11.5. The highest BCUT2D eigenvalue weighted by Gasteiger charge is 2.54. The smallest absolute Gasteiger partial charge is 0.246 e. The first-order valence-electron chi connectivity index (χ1n) is 12.6. The Kier molecular flexibility index (Phi) is 6.88. The van der Waals surface area contributed by atoms with Crippen molar-refractivity contribution in [3.8, 4) is 11.5 Å². The van der Waals surface area contributed by atoms with Crippen molar-refractivity contribution in [3.63, 3.8) is 0 Å². The van der Waals surface area contributed by atoms with E-state index in [-0.39, 0.29) is 35.4 Å². The standard InChI is InChI=1S/C28H34FN3O4/c1-30-12-9-23-24(17-30)27(33)32-11-4-10-31(16-18-13-21(35-2)15-22(14-18)36-3)28(34)26(32)25(23)19-5-7-20(29)8-6-19/h5-8,13-15,23-26H,4,9-12,16-17H2,1-3H3. The molecule has 0 N–H and O–H groups in total. The van der Waals surface area contributed by atoms with Gasteiger partial charge in [-0.05, 0) is 67.7 Å². The second-order valence-corrected chi connectivity index (χ2v) is 10.2. The third-order valence-corrected chi connectivity index (χ3v) is 8.04. The molecular weight excluding hydrogens is 461 g/mol. The van der Waals surface area contributed by atoms with Crippen LogP contribution in [0.5, 0.6) is 11.5 Å². The molecule has 3 aliphatic rings. The molecule has 0 radical (unpaired) electrons. The Balaban J connectivity index is 1.52. The predicted molar refractivity (Wildman–Crippen MR) is 133 cm³/mol. The molecule has 0 saturated carbocycles. The maximum absolute atomic E-state index is 14.2. The van der Waals surface area contributed by atoms with Crippen LogP contribution in [0.25, 0.3) is 0 Å². The zero-order valence-electron chi connectivity index (χ0n) is 21.2. The van der Waals surface area contributed by atoms with Gasteiger partial charge in [0.15, 0.2) is 0 Å². The van der Waals surface area contributed by atoms with E-state index in [1.807, 2.05) is 29.0 Å². The lowest BCUT2D eigenvalue weighted by Crippen LogP contribution is -2.63. The van der Waals surface area contributed by atoms with E-state index in [0.29, 0.717) is 44.1 Å². The summed E-state index contributed by atoms with van der Waals surface area (Å²) in [5, 5.41) is 0. The number of rotatable bonds is 5. The van der Waals surface area contributed by atoms with Gasteiger partial charge < -0.3 is 24.2 Å². The topological polar surface area (TPSA) is 62.3 Å². The van der Waals surface area contributed by atoms with Crippen LogP contribution in [0.3, 0.4) is 0 Å². The summed E-state index contributed by atoms with van der Waals surface area (Å²) < 4.78 is 24.7. The summed E-state index contributed by atoms with van der Waals surface area (Å²) in [4.78, 5) is 33.8. The lowest BCUT2D eigenvalue weighted by Gasteiger charge is -2.51. The van der Waals surface area contributed by atoms with Crippen LogP contribution in [-0.2, 0) is 16.1 Å². The minimum Gasteiger partial charge on any atom is -0.497 e. The number of amides is 2. The number of hydrogen-bond acceptors (Lipinski definition) is 5. The lowest BCUT2D eigenvalue weighted by molar-refractivity contribution is -0.158. The molecule has 7 nitrogen and oxygen atoms in total. The molecule has 3 saturated heterocycles. The van der Waals surface area contributed by atoms with E-state index in [1.54, 1.807) is 32.4 Å². The van der Waals surface area contributed by atoms with E-state index >= 15 is 0 Å². The van der Waals surface area contributed by atoms with Crippen molar-refractivity contribution in [2.45, 2.75) is 31.3 Å². The molecule has 4 unspecified atom stereocenters.